The summed E-state index contributed by atoms with van der Waals surface area (Å²) in [6, 6.07) is 20.5. The maximum atomic E-state index is 13.8. The van der Waals surface area contributed by atoms with Gasteiger partial charge in [0, 0.05) is 23.5 Å². The highest BCUT2D eigenvalue weighted by atomic mass is 19.1. The molecule has 0 aliphatic carbocycles. The average molecular weight is 374 g/mol. The highest BCUT2D eigenvalue weighted by Gasteiger charge is 2.24. The SMILES string of the molecule is O=C(Nc1ccc2c(c1)CCCN2C(=O)c1ccccc1)c1ccccc1F. The monoisotopic (exact) mass is 374 g/mol. The summed E-state index contributed by atoms with van der Waals surface area (Å²) in [5.41, 5.74) is 3.07. The molecular weight excluding hydrogens is 355 g/mol. The van der Waals surface area contributed by atoms with Crippen LogP contribution in [0.3, 0.4) is 0 Å². The Kier molecular flexibility index (Phi) is 4.89. The summed E-state index contributed by atoms with van der Waals surface area (Å²) in [6.07, 6.45) is 1.66. The fourth-order valence-electron chi connectivity index (χ4n) is 3.47. The predicted octanol–water partition coefficient (Wildman–Crippen LogP) is 4.67. The summed E-state index contributed by atoms with van der Waals surface area (Å²) in [7, 11) is 0. The minimum absolute atomic E-state index is 0.00102. The van der Waals surface area contributed by atoms with E-state index in [1.807, 2.05) is 30.3 Å². The van der Waals surface area contributed by atoms with Crippen molar-refractivity contribution >= 4 is 23.2 Å². The number of fused-ring (bicyclic) bond motifs is 1. The summed E-state index contributed by atoms with van der Waals surface area (Å²) < 4.78 is 13.8. The number of carbonyl (C=O) groups is 2. The molecule has 0 atom stereocenters. The normalized spacial score (nSPS) is 13.0. The van der Waals surface area contributed by atoms with Crippen LogP contribution in [0.1, 0.15) is 32.7 Å². The van der Waals surface area contributed by atoms with Gasteiger partial charge < -0.3 is 10.2 Å². The molecule has 0 spiro atoms. The highest BCUT2D eigenvalue weighted by molar-refractivity contribution is 6.07. The van der Waals surface area contributed by atoms with E-state index in [1.54, 1.807) is 35.2 Å². The minimum atomic E-state index is -0.558. The number of benzene rings is 3. The largest absolute Gasteiger partial charge is 0.322 e. The number of hydrogen-bond donors (Lipinski definition) is 1. The Bertz CT molecular complexity index is 1030. The Morgan fingerprint density at radius 1 is 0.929 bits per heavy atom. The van der Waals surface area contributed by atoms with E-state index in [0.29, 0.717) is 17.8 Å². The molecule has 5 heteroatoms. The Labute approximate surface area is 162 Å². The zero-order chi connectivity index (χ0) is 19.5. The van der Waals surface area contributed by atoms with Crippen LogP contribution in [0, 0.1) is 5.82 Å². The fraction of sp³-hybridized carbons (Fsp3) is 0.130. The number of nitrogens with one attached hydrogen (secondary N) is 1. The second-order valence-corrected chi connectivity index (χ2v) is 6.70. The molecule has 0 saturated heterocycles. The third-order valence-corrected chi connectivity index (χ3v) is 4.84. The molecule has 2 amide bonds. The van der Waals surface area contributed by atoms with Crippen molar-refractivity contribution < 1.29 is 14.0 Å². The maximum absolute atomic E-state index is 13.8. The van der Waals surface area contributed by atoms with Crippen molar-refractivity contribution in [1.82, 2.24) is 0 Å². The van der Waals surface area contributed by atoms with E-state index in [-0.39, 0.29) is 11.5 Å². The molecule has 3 aromatic rings. The number of halogens is 1. The second kappa shape index (κ2) is 7.64. The summed E-state index contributed by atoms with van der Waals surface area (Å²) in [6.45, 7) is 0.654. The van der Waals surface area contributed by atoms with Gasteiger partial charge >= 0.3 is 0 Å². The minimum Gasteiger partial charge on any atom is -0.322 e. The topological polar surface area (TPSA) is 49.4 Å². The lowest BCUT2D eigenvalue weighted by molar-refractivity contribution is 0.0983. The van der Waals surface area contributed by atoms with Crippen LogP contribution in [0.15, 0.2) is 72.8 Å². The van der Waals surface area contributed by atoms with Crippen LogP contribution in [0.25, 0.3) is 0 Å². The Morgan fingerprint density at radius 2 is 1.68 bits per heavy atom. The predicted molar refractivity (Wildman–Crippen MR) is 107 cm³/mol. The zero-order valence-electron chi connectivity index (χ0n) is 15.2. The molecule has 1 heterocycles. The highest BCUT2D eigenvalue weighted by Crippen LogP contribution is 2.31. The second-order valence-electron chi connectivity index (χ2n) is 6.70. The van der Waals surface area contributed by atoms with Crippen LogP contribution in [0.4, 0.5) is 15.8 Å². The van der Waals surface area contributed by atoms with Gasteiger partial charge in [0.25, 0.3) is 11.8 Å². The zero-order valence-corrected chi connectivity index (χ0v) is 15.2. The molecule has 0 bridgehead atoms. The van der Waals surface area contributed by atoms with Crippen LogP contribution in [-0.4, -0.2) is 18.4 Å². The Balaban J connectivity index is 1.58. The van der Waals surface area contributed by atoms with Crippen molar-refractivity contribution in [2.24, 2.45) is 0 Å². The number of amides is 2. The molecule has 140 valence electrons. The van der Waals surface area contributed by atoms with Crippen molar-refractivity contribution in [2.45, 2.75) is 12.8 Å². The van der Waals surface area contributed by atoms with Crippen LogP contribution >= 0.6 is 0 Å². The van der Waals surface area contributed by atoms with E-state index < -0.39 is 11.7 Å². The molecule has 4 nitrogen and oxygen atoms in total. The third kappa shape index (κ3) is 3.51. The van der Waals surface area contributed by atoms with E-state index in [9.17, 15) is 14.0 Å². The van der Waals surface area contributed by atoms with Gasteiger partial charge in [-0.05, 0) is 60.9 Å². The van der Waals surface area contributed by atoms with Gasteiger partial charge in [0.05, 0.1) is 5.56 Å². The number of aryl methyl sites for hydroxylation is 1. The van der Waals surface area contributed by atoms with Crippen molar-refractivity contribution in [3.63, 3.8) is 0 Å². The van der Waals surface area contributed by atoms with E-state index in [0.717, 1.165) is 24.1 Å². The first-order chi connectivity index (χ1) is 13.6. The van der Waals surface area contributed by atoms with Crippen LogP contribution in [-0.2, 0) is 6.42 Å². The van der Waals surface area contributed by atoms with Gasteiger partial charge in [-0.15, -0.1) is 0 Å². The van der Waals surface area contributed by atoms with Gasteiger partial charge in [-0.25, -0.2) is 4.39 Å². The van der Waals surface area contributed by atoms with Gasteiger partial charge in [0.2, 0.25) is 0 Å². The van der Waals surface area contributed by atoms with Crippen LogP contribution in [0.5, 0.6) is 0 Å². The number of hydrogen-bond acceptors (Lipinski definition) is 2. The molecule has 0 saturated carbocycles. The first-order valence-electron chi connectivity index (χ1n) is 9.19. The smallest absolute Gasteiger partial charge is 0.258 e. The van der Waals surface area contributed by atoms with Crippen molar-refractivity contribution in [1.29, 1.82) is 0 Å². The van der Waals surface area contributed by atoms with Crippen molar-refractivity contribution in [3.05, 3.63) is 95.3 Å². The summed E-state index contributed by atoms with van der Waals surface area (Å²) >= 11 is 0. The van der Waals surface area contributed by atoms with Crippen LogP contribution in [0.2, 0.25) is 0 Å². The average Bonchev–Trinajstić information content (AvgIpc) is 2.73. The molecule has 1 N–H and O–H groups in total. The first-order valence-corrected chi connectivity index (χ1v) is 9.19. The van der Waals surface area contributed by atoms with Crippen LogP contribution < -0.4 is 10.2 Å². The summed E-state index contributed by atoms with van der Waals surface area (Å²) in [4.78, 5) is 27.0. The maximum Gasteiger partial charge on any atom is 0.258 e. The Morgan fingerprint density at radius 3 is 2.46 bits per heavy atom. The summed E-state index contributed by atoms with van der Waals surface area (Å²) in [5.74, 6) is -1.09. The number of anilines is 2. The fourth-order valence-corrected chi connectivity index (χ4v) is 3.47. The van der Waals surface area contributed by atoms with E-state index in [2.05, 4.69) is 5.32 Å². The van der Waals surface area contributed by atoms with Crippen molar-refractivity contribution in [3.8, 4) is 0 Å². The molecule has 3 aromatic carbocycles. The molecule has 0 fully saturated rings. The quantitative estimate of drug-likeness (QED) is 0.724. The summed E-state index contributed by atoms with van der Waals surface area (Å²) in [5, 5.41) is 2.74. The number of carbonyl (C=O) groups excluding carboxylic acids is 2. The lowest BCUT2D eigenvalue weighted by Crippen LogP contribution is -2.35. The van der Waals surface area contributed by atoms with E-state index in [4.69, 9.17) is 0 Å². The standard InChI is InChI=1S/C23H19FN2O2/c24-20-11-5-4-10-19(20)22(27)25-18-12-13-21-17(15-18)9-6-14-26(21)23(28)16-7-2-1-3-8-16/h1-5,7-8,10-13,15H,6,9,14H2,(H,25,27). The molecule has 4 rings (SSSR count). The number of rotatable bonds is 3. The molecule has 0 unspecified atom stereocenters. The van der Waals surface area contributed by atoms with E-state index >= 15 is 0 Å². The van der Waals surface area contributed by atoms with Gasteiger partial charge in [-0.3, -0.25) is 9.59 Å². The molecule has 28 heavy (non-hydrogen) atoms. The Hall–Kier alpha value is -3.47. The van der Waals surface area contributed by atoms with Gasteiger partial charge in [-0.2, -0.15) is 0 Å². The molecular formula is C23H19FN2O2. The molecule has 1 aliphatic rings. The van der Waals surface area contributed by atoms with Crippen molar-refractivity contribution in [2.75, 3.05) is 16.8 Å². The van der Waals surface area contributed by atoms with E-state index in [1.165, 1.54) is 12.1 Å². The molecule has 0 radical (unpaired) electrons. The molecule has 1 aliphatic heterocycles. The lowest BCUT2D eigenvalue weighted by atomic mass is 10.00. The molecule has 0 aromatic heterocycles. The van der Waals surface area contributed by atoms with Gasteiger partial charge in [0.15, 0.2) is 0 Å². The lowest BCUT2D eigenvalue weighted by Gasteiger charge is -2.30. The van der Waals surface area contributed by atoms with Gasteiger partial charge in [0.1, 0.15) is 5.82 Å². The first kappa shape index (κ1) is 17.9. The number of nitrogens with zero attached hydrogens (tertiary/aromatic N) is 1. The third-order valence-electron chi connectivity index (χ3n) is 4.84. The van der Waals surface area contributed by atoms with Gasteiger partial charge in [-0.1, -0.05) is 30.3 Å².